The summed E-state index contributed by atoms with van der Waals surface area (Å²) in [5.74, 6) is -0.0351. The lowest BCUT2D eigenvalue weighted by molar-refractivity contribution is 0.0938. The Morgan fingerprint density at radius 1 is 1.16 bits per heavy atom. The Kier molecular flexibility index (Phi) is 2.98. The van der Waals surface area contributed by atoms with Crippen molar-refractivity contribution in [1.29, 1.82) is 0 Å². The number of carbonyl (C=O) groups is 1. The highest BCUT2D eigenvalue weighted by Gasteiger charge is 2.27. The molecule has 1 unspecified atom stereocenters. The number of H-pyrrole nitrogens is 2. The molecule has 4 aromatic rings. The number of imidazole rings is 1. The van der Waals surface area contributed by atoms with Gasteiger partial charge in [-0.05, 0) is 49.2 Å². The lowest BCUT2D eigenvalue weighted by atomic mass is 10.1. The van der Waals surface area contributed by atoms with Gasteiger partial charge in [0.2, 0.25) is 0 Å². The standard InChI is InChI=1S/C20H18N4O/c1-11-2-4-16-14(6-11)15-8-13(9-18(15)24-16)23-20(25)12-3-5-17-19(7-12)22-10-21-17/h2-7,10,13,24H,8-9H2,1H3,(H,21,22)(H,23,25). The first kappa shape index (κ1) is 14.3. The quantitative estimate of drug-likeness (QED) is 0.528. The van der Waals surface area contributed by atoms with E-state index in [2.05, 4.69) is 45.4 Å². The van der Waals surface area contributed by atoms with Crippen molar-refractivity contribution in [3.63, 3.8) is 0 Å². The molecule has 1 aliphatic rings. The molecule has 25 heavy (non-hydrogen) atoms. The Balaban J connectivity index is 1.37. The van der Waals surface area contributed by atoms with Crippen LogP contribution in [0.25, 0.3) is 21.9 Å². The molecule has 2 aromatic heterocycles. The van der Waals surface area contributed by atoms with Gasteiger partial charge in [-0.15, -0.1) is 0 Å². The molecular weight excluding hydrogens is 312 g/mol. The van der Waals surface area contributed by atoms with Crippen molar-refractivity contribution in [1.82, 2.24) is 20.3 Å². The summed E-state index contributed by atoms with van der Waals surface area (Å²) in [5.41, 5.74) is 7.44. The number of rotatable bonds is 2. The summed E-state index contributed by atoms with van der Waals surface area (Å²) >= 11 is 0. The van der Waals surface area contributed by atoms with Crippen molar-refractivity contribution < 1.29 is 4.79 Å². The second kappa shape index (κ2) is 5.21. The van der Waals surface area contributed by atoms with Gasteiger partial charge in [-0.3, -0.25) is 4.79 Å². The molecule has 0 aliphatic heterocycles. The molecule has 0 fully saturated rings. The van der Waals surface area contributed by atoms with Crippen molar-refractivity contribution in [3.05, 3.63) is 65.1 Å². The molecule has 0 saturated carbocycles. The van der Waals surface area contributed by atoms with Crippen LogP contribution in [-0.4, -0.2) is 26.9 Å². The van der Waals surface area contributed by atoms with E-state index in [-0.39, 0.29) is 11.9 Å². The maximum Gasteiger partial charge on any atom is 0.251 e. The Morgan fingerprint density at radius 2 is 2.08 bits per heavy atom. The van der Waals surface area contributed by atoms with Gasteiger partial charge in [0.15, 0.2) is 0 Å². The van der Waals surface area contributed by atoms with Crippen LogP contribution in [0.3, 0.4) is 0 Å². The number of aromatic nitrogens is 3. The van der Waals surface area contributed by atoms with Gasteiger partial charge >= 0.3 is 0 Å². The number of aromatic amines is 2. The Labute approximate surface area is 144 Å². The van der Waals surface area contributed by atoms with E-state index in [1.807, 2.05) is 18.2 Å². The summed E-state index contributed by atoms with van der Waals surface area (Å²) in [6.45, 7) is 2.11. The van der Waals surface area contributed by atoms with E-state index in [0.717, 1.165) is 23.9 Å². The average Bonchev–Trinajstić information content (AvgIpc) is 3.28. The normalized spacial score (nSPS) is 16.4. The fraction of sp³-hybridized carbons (Fsp3) is 0.200. The number of benzene rings is 2. The third kappa shape index (κ3) is 2.31. The molecule has 5 heteroatoms. The van der Waals surface area contributed by atoms with Gasteiger partial charge in [0, 0.05) is 34.6 Å². The molecular formula is C20H18N4O. The second-order valence-corrected chi connectivity index (χ2v) is 6.84. The zero-order valence-corrected chi connectivity index (χ0v) is 13.9. The van der Waals surface area contributed by atoms with Crippen molar-refractivity contribution >= 4 is 27.8 Å². The van der Waals surface area contributed by atoms with Crippen molar-refractivity contribution in [2.45, 2.75) is 25.8 Å². The first-order valence-corrected chi connectivity index (χ1v) is 8.51. The third-order valence-corrected chi connectivity index (χ3v) is 5.07. The van der Waals surface area contributed by atoms with Gasteiger partial charge in [0.1, 0.15) is 0 Å². The minimum atomic E-state index is -0.0351. The highest BCUT2D eigenvalue weighted by Crippen LogP contribution is 2.30. The van der Waals surface area contributed by atoms with E-state index in [1.54, 1.807) is 6.33 Å². The summed E-state index contributed by atoms with van der Waals surface area (Å²) in [5, 5.41) is 4.45. The maximum atomic E-state index is 12.6. The molecule has 2 aromatic carbocycles. The van der Waals surface area contributed by atoms with Crippen LogP contribution < -0.4 is 5.32 Å². The van der Waals surface area contributed by atoms with Gasteiger partial charge < -0.3 is 15.3 Å². The number of hydrogen-bond donors (Lipinski definition) is 3. The first-order valence-electron chi connectivity index (χ1n) is 8.51. The predicted octanol–water partition coefficient (Wildman–Crippen LogP) is 3.25. The number of amides is 1. The minimum Gasteiger partial charge on any atom is -0.358 e. The smallest absolute Gasteiger partial charge is 0.251 e. The van der Waals surface area contributed by atoms with E-state index >= 15 is 0 Å². The number of fused-ring (bicyclic) bond motifs is 4. The molecule has 0 spiro atoms. The minimum absolute atomic E-state index is 0.0351. The van der Waals surface area contributed by atoms with Crippen LogP contribution in [0.4, 0.5) is 0 Å². The fourth-order valence-corrected chi connectivity index (χ4v) is 3.84. The average molecular weight is 330 g/mol. The first-order chi connectivity index (χ1) is 12.2. The molecule has 1 atom stereocenters. The van der Waals surface area contributed by atoms with Crippen molar-refractivity contribution in [2.24, 2.45) is 0 Å². The van der Waals surface area contributed by atoms with Crippen LogP contribution in [0, 0.1) is 6.92 Å². The van der Waals surface area contributed by atoms with E-state index in [9.17, 15) is 4.79 Å². The number of carbonyl (C=O) groups excluding carboxylic acids is 1. The topological polar surface area (TPSA) is 73.6 Å². The SMILES string of the molecule is Cc1ccc2[nH]c3c(c2c1)CC(NC(=O)c1ccc2nc[nH]c2c1)C3. The number of hydrogen-bond acceptors (Lipinski definition) is 2. The summed E-state index contributed by atoms with van der Waals surface area (Å²) in [4.78, 5) is 23.3. The van der Waals surface area contributed by atoms with Gasteiger partial charge in [-0.25, -0.2) is 4.98 Å². The van der Waals surface area contributed by atoms with Gasteiger partial charge in [0.25, 0.3) is 5.91 Å². The molecule has 2 heterocycles. The number of aryl methyl sites for hydroxylation is 1. The molecule has 0 radical (unpaired) electrons. The summed E-state index contributed by atoms with van der Waals surface area (Å²) in [6, 6.07) is 12.2. The van der Waals surface area contributed by atoms with Crippen LogP contribution in [0.5, 0.6) is 0 Å². The number of nitrogens with one attached hydrogen (secondary N) is 3. The second-order valence-electron chi connectivity index (χ2n) is 6.84. The summed E-state index contributed by atoms with van der Waals surface area (Å²) in [7, 11) is 0. The van der Waals surface area contributed by atoms with E-state index < -0.39 is 0 Å². The Morgan fingerprint density at radius 3 is 3.00 bits per heavy atom. The van der Waals surface area contributed by atoms with Crippen LogP contribution >= 0.6 is 0 Å². The van der Waals surface area contributed by atoms with Crippen LogP contribution in [-0.2, 0) is 12.8 Å². The van der Waals surface area contributed by atoms with E-state index in [4.69, 9.17) is 0 Å². The lowest BCUT2D eigenvalue weighted by Gasteiger charge is -2.12. The van der Waals surface area contributed by atoms with Gasteiger partial charge in [-0.2, -0.15) is 0 Å². The fourth-order valence-electron chi connectivity index (χ4n) is 3.84. The summed E-state index contributed by atoms with van der Waals surface area (Å²) < 4.78 is 0. The molecule has 1 aliphatic carbocycles. The van der Waals surface area contributed by atoms with E-state index in [1.165, 1.54) is 27.7 Å². The summed E-state index contributed by atoms with van der Waals surface area (Å²) in [6.07, 6.45) is 3.36. The number of nitrogens with zero attached hydrogens (tertiary/aromatic N) is 1. The zero-order chi connectivity index (χ0) is 17.0. The highest BCUT2D eigenvalue weighted by atomic mass is 16.1. The third-order valence-electron chi connectivity index (χ3n) is 5.07. The van der Waals surface area contributed by atoms with E-state index in [0.29, 0.717) is 5.56 Å². The molecule has 0 saturated heterocycles. The monoisotopic (exact) mass is 330 g/mol. The molecule has 5 rings (SSSR count). The molecule has 3 N–H and O–H groups in total. The molecule has 1 amide bonds. The zero-order valence-electron chi connectivity index (χ0n) is 13.9. The predicted molar refractivity (Wildman–Crippen MR) is 97.8 cm³/mol. The Hall–Kier alpha value is -3.08. The molecule has 5 nitrogen and oxygen atoms in total. The molecule has 0 bridgehead atoms. The van der Waals surface area contributed by atoms with Gasteiger partial charge in [0.05, 0.1) is 17.4 Å². The largest absolute Gasteiger partial charge is 0.358 e. The van der Waals surface area contributed by atoms with Crippen molar-refractivity contribution in [3.8, 4) is 0 Å². The van der Waals surface area contributed by atoms with Crippen molar-refractivity contribution in [2.75, 3.05) is 0 Å². The maximum absolute atomic E-state index is 12.6. The van der Waals surface area contributed by atoms with Gasteiger partial charge in [-0.1, -0.05) is 11.6 Å². The molecule has 124 valence electrons. The lowest BCUT2D eigenvalue weighted by Crippen LogP contribution is -2.35. The van der Waals surface area contributed by atoms with Crippen LogP contribution in [0.15, 0.2) is 42.7 Å². The van der Waals surface area contributed by atoms with Crippen LogP contribution in [0.2, 0.25) is 0 Å². The Bertz CT molecular complexity index is 1120. The van der Waals surface area contributed by atoms with Crippen LogP contribution in [0.1, 0.15) is 27.2 Å². The highest BCUT2D eigenvalue weighted by molar-refractivity contribution is 5.97.